The van der Waals surface area contributed by atoms with Crippen molar-refractivity contribution >= 4 is 46.4 Å². The molecule has 5 heteroatoms. The van der Waals surface area contributed by atoms with Crippen LogP contribution in [0.15, 0.2) is 170 Å². The third-order valence-corrected chi connectivity index (χ3v) is 6.47. The van der Waals surface area contributed by atoms with Gasteiger partial charge in [0.25, 0.3) is 0 Å². The normalized spacial score (nSPS) is 10.1. The summed E-state index contributed by atoms with van der Waals surface area (Å²) in [7, 11) is 0. The van der Waals surface area contributed by atoms with Gasteiger partial charge >= 0.3 is 0 Å². The Labute approximate surface area is 308 Å². The molecule has 2 aliphatic heterocycles. The second kappa shape index (κ2) is 21.3. The third-order valence-electron chi connectivity index (χ3n) is 6.47. The Bertz CT molecular complexity index is 1800. The standard InChI is InChI=1S/C20H14N4.4C6H5.Cd/c1-2-14-10-16-5-6-18(23-16)12-20-8-7-19(24-20)11-17-4-3-15(22-17)9-13(1)21-14;4*1-2-4-6-5-3-1;/h1-12,21-22H;4*1-5H;/q;4*-1;. The Morgan fingerprint density at radius 1 is 0.327 bits per heavy atom. The van der Waals surface area contributed by atoms with Crippen LogP contribution in [-0.2, 0) is 27.3 Å². The van der Waals surface area contributed by atoms with Crippen LogP contribution in [0.1, 0.15) is 22.8 Å². The van der Waals surface area contributed by atoms with E-state index >= 15 is 0 Å². The van der Waals surface area contributed by atoms with Crippen molar-refractivity contribution < 1.29 is 27.3 Å². The zero-order valence-corrected chi connectivity index (χ0v) is 31.1. The van der Waals surface area contributed by atoms with E-state index in [-0.39, 0.29) is 27.3 Å². The van der Waals surface area contributed by atoms with Crippen LogP contribution in [-0.4, -0.2) is 19.9 Å². The number of aromatic nitrogens is 4. The second-order valence-corrected chi connectivity index (χ2v) is 10.2. The van der Waals surface area contributed by atoms with Gasteiger partial charge in [-0.15, -0.1) is 0 Å². The molecule has 2 aliphatic rings. The molecule has 5 heterocycles. The van der Waals surface area contributed by atoms with Gasteiger partial charge in [0, 0.05) is 49.4 Å². The van der Waals surface area contributed by atoms with E-state index < -0.39 is 0 Å². The van der Waals surface area contributed by atoms with E-state index in [1.165, 1.54) is 0 Å². The Morgan fingerprint density at radius 3 is 0.837 bits per heavy atom. The van der Waals surface area contributed by atoms with Gasteiger partial charge in [-0.25, -0.2) is 9.97 Å². The van der Waals surface area contributed by atoms with Crippen molar-refractivity contribution in [1.29, 1.82) is 0 Å². The molecule has 2 N–H and O–H groups in total. The maximum absolute atomic E-state index is 4.62. The first kappa shape index (κ1) is 36.2. The summed E-state index contributed by atoms with van der Waals surface area (Å²) in [5.41, 5.74) is 7.86. The predicted molar refractivity (Wildman–Crippen MR) is 200 cm³/mol. The molecule has 9 rings (SSSR count). The van der Waals surface area contributed by atoms with E-state index in [0.29, 0.717) is 0 Å². The fourth-order valence-corrected chi connectivity index (χ4v) is 4.31. The molecule has 8 bridgehead atoms. The molecule has 0 radical (unpaired) electrons. The molecule has 0 atom stereocenters. The van der Waals surface area contributed by atoms with Crippen LogP contribution in [0.5, 0.6) is 0 Å². The fraction of sp³-hybridized carbons (Fsp3) is 0. The zero-order chi connectivity index (χ0) is 32.9. The van der Waals surface area contributed by atoms with Gasteiger partial charge in [0.1, 0.15) is 0 Å². The first-order valence-electron chi connectivity index (χ1n) is 15.5. The molecular formula is C44H34CdN4-4. The van der Waals surface area contributed by atoms with Crippen molar-refractivity contribution in [2.75, 3.05) is 0 Å². The number of benzene rings is 4. The van der Waals surface area contributed by atoms with Crippen LogP contribution in [0.4, 0.5) is 0 Å². The number of nitrogens with one attached hydrogen (secondary N) is 2. The summed E-state index contributed by atoms with van der Waals surface area (Å²) < 4.78 is 0. The van der Waals surface area contributed by atoms with Gasteiger partial charge in [0.15, 0.2) is 0 Å². The number of aromatic amines is 2. The minimum Gasteiger partial charge on any atom is -0.355 e. The van der Waals surface area contributed by atoms with Crippen molar-refractivity contribution in [2.24, 2.45) is 0 Å². The molecule has 4 nitrogen and oxygen atoms in total. The number of H-pyrrole nitrogens is 2. The quantitative estimate of drug-likeness (QED) is 0.121. The Morgan fingerprint density at radius 2 is 0.592 bits per heavy atom. The topological polar surface area (TPSA) is 57.4 Å². The van der Waals surface area contributed by atoms with Gasteiger partial charge in [-0.05, 0) is 72.8 Å². The van der Waals surface area contributed by atoms with Gasteiger partial charge in [0.05, 0.1) is 22.8 Å². The Balaban J connectivity index is 0.000000175. The largest absolute Gasteiger partial charge is 0.355 e. The second-order valence-electron chi connectivity index (χ2n) is 10.2. The van der Waals surface area contributed by atoms with Crippen molar-refractivity contribution in [3.05, 3.63) is 217 Å². The fourth-order valence-electron chi connectivity index (χ4n) is 4.31. The van der Waals surface area contributed by atoms with Crippen LogP contribution < -0.4 is 0 Å². The zero-order valence-electron chi connectivity index (χ0n) is 27.1. The molecule has 0 saturated carbocycles. The summed E-state index contributed by atoms with van der Waals surface area (Å²) in [6.45, 7) is 0. The van der Waals surface area contributed by atoms with Gasteiger partial charge in [-0.2, -0.15) is 146 Å². The minimum absolute atomic E-state index is 0. The van der Waals surface area contributed by atoms with Crippen LogP contribution >= 0.6 is 0 Å². The SMILES string of the molecule is C1=Cc2cc3ccc(cc4ccc(cc5nc(cc1n2)C=C5)[nH]4)[nH]3.[Cd].[c-]1ccccc1.[c-]1ccccc1.[c-]1ccccc1.[c-]1ccccc1. The number of fused-ring (bicyclic) bond motifs is 8. The summed E-state index contributed by atoms with van der Waals surface area (Å²) in [6, 6.07) is 66.4. The van der Waals surface area contributed by atoms with Crippen molar-refractivity contribution in [1.82, 2.24) is 19.9 Å². The van der Waals surface area contributed by atoms with Crippen molar-refractivity contribution in [3.63, 3.8) is 0 Å². The molecule has 236 valence electrons. The van der Waals surface area contributed by atoms with E-state index in [4.69, 9.17) is 0 Å². The molecule has 0 saturated heterocycles. The molecule has 4 aromatic carbocycles. The molecule has 49 heavy (non-hydrogen) atoms. The van der Waals surface area contributed by atoms with Gasteiger partial charge < -0.3 is 9.97 Å². The van der Waals surface area contributed by atoms with E-state index in [9.17, 15) is 0 Å². The van der Waals surface area contributed by atoms with Crippen molar-refractivity contribution in [2.45, 2.75) is 0 Å². The number of rotatable bonds is 0. The molecule has 3 aromatic heterocycles. The van der Waals surface area contributed by atoms with E-state index in [1.807, 2.05) is 164 Å². The summed E-state index contributed by atoms with van der Waals surface area (Å²) in [5.74, 6) is 0. The van der Waals surface area contributed by atoms with Gasteiger partial charge in [-0.1, -0.05) is 0 Å². The monoisotopic (exact) mass is 732 g/mol. The summed E-state index contributed by atoms with van der Waals surface area (Å²) >= 11 is 0. The van der Waals surface area contributed by atoms with Gasteiger partial charge in [-0.3, -0.25) is 0 Å². The third kappa shape index (κ3) is 14.0. The predicted octanol–water partition coefficient (Wildman–Crippen LogP) is 10.6. The van der Waals surface area contributed by atoms with Crippen LogP contribution in [0.3, 0.4) is 0 Å². The molecule has 0 amide bonds. The molecule has 0 aliphatic carbocycles. The first-order chi connectivity index (χ1) is 23.8. The number of nitrogens with zero attached hydrogens (tertiary/aromatic N) is 2. The van der Waals surface area contributed by atoms with E-state index in [1.54, 1.807) is 0 Å². The summed E-state index contributed by atoms with van der Waals surface area (Å²) in [6.07, 6.45) is 8.05. The maximum Gasteiger partial charge on any atom is 0.0659 e. The average Bonchev–Trinajstić information content (AvgIpc) is 4.00. The number of hydrogen-bond acceptors (Lipinski definition) is 2. The van der Waals surface area contributed by atoms with Crippen LogP contribution in [0, 0.1) is 24.3 Å². The average molecular weight is 731 g/mol. The summed E-state index contributed by atoms with van der Waals surface area (Å²) in [5, 5.41) is 0. The molecule has 7 aromatic rings. The number of hydrogen-bond donors (Lipinski definition) is 2. The smallest absolute Gasteiger partial charge is 0.0659 e. The molecule has 0 unspecified atom stereocenters. The Hall–Kier alpha value is -5.60. The molecule has 0 fully saturated rings. The molecule has 0 spiro atoms. The first-order valence-corrected chi connectivity index (χ1v) is 15.5. The van der Waals surface area contributed by atoms with Crippen molar-refractivity contribution in [3.8, 4) is 0 Å². The maximum atomic E-state index is 4.62. The van der Waals surface area contributed by atoms with E-state index in [0.717, 1.165) is 44.8 Å². The van der Waals surface area contributed by atoms with Gasteiger partial charge in [0.2, 0.25) is 0 Å². The summed E-state index contributed by atoms with van der Waals surface area (Å²) in [4.78, 5) is 16.0. The molecular weight excluding hydrogens is 697 g/mol. The Kier molecular flexibility index (Phi) is 15.8. The van der Waals surface area contributed by atoms with Crippen LogP contribution in [0.25, 0.3) is 46.4 Å². The van der Waals surface area contributed by atoms with E-state index in [2.05, 4.69) is 74.5 Å². The minimum atomic E-state index is 0. The van der Waals surface area contributed by atoms with Crippen LogP contribution in [0.2, 0.25) is 0 Å².